The lowest BCUT2D eigenvalue weighted by Crippen LogP contribution is -1.98. The molecule has 0 aliphatic heterocycles. The molecule has 1 radical (unpaired) electrons. The molecule has 0 amide bonds. The van der Waals surface area contributed by atoms with Crippen LogP contribution in [0.3, 0.4) is 0 Å². The first-order valence-electron chi connectivity index (χ1n) is 3.21. The number of hydrogen-bond acceptors (Lipinski definition) is 2. The number of ether oxygens (including phenoxy) is 1. The summed E-state index contributed by atoms with van der Waals surface area (Å²) in [7, 11) is 0. The topological polar surface area (TPSA) is 26.3 Å². The zero-order valence-electron chi connectivity index (χ0n) is 6.99. The Hall–Kier alpha value is -1.57. The Morgan fingerprint density at radius 3 is 2.42 bits per heavy atom. The molecule has 1 aromatic rings. The molecule has 12 heavy (non-hydrogen) atoms. The molecule has 0 N–H and O–H groups in total. The van der Waals surface area contributed by atoms with Crippen LogP contribution >= 0.6 is 0 Å². The van der Waals surface area contributed by atoms with Gasteiger partial charge in [-0.25, -0.2) is 4.79 Å². The number of carbonyl (C=O) groups is 1. The van der Waals surface area contributed by atoms with Gasteiger partial charge in [-0.1, -0.05) is 32.2 Å². The van der Waals surface area contributed by atoms with Gasteiger partial charge < -0.3 is 4.74 Å². The van der Waals surface area contributed by atoms with E-state index >= 15 is 0 Å². The van der Waals surface area contributed by atoms with Crippen molar-refractivity contribution in [2.45, 2.75) is 0 Å². The lowest BCUT2D eigenvalue weighted by molar-refractivity contribution is 0.0664. The van der Waals surface area contributed by atoms with E-state index in [0.717, 1.165) is 6.26 Å². The average Bonchev–Trinajstić information content (AvgIpc) is 2.07. The van der Waals surface area contributed by atoms with Crippen molar-refractivity contribution in [1.29, 1.82) is 0 Å². The van der Waals surface area contributed by atoms with Gasteiger partial charge in [-0.05, 0) is 12.1 Å². The Morgan fingerprint density at radius 2 is 1.92 bits per heavy atom. The van der Waals surface area contributed by atoms with E-state index < -0.39 is 0 Å². The van der Waals surface area contributed by atoms with Gasteiger partial charge in [0, 0.05) is 0 Å². The average molecular weight is 163 g/mol. The molecule has 0 aliphatic rings. The van der Waals surface area contributed by atoms with Crippen LogP contribution in [0.2, 0.25) is 0 Å². The second kappa shape index (κ2) is 5.13. The Bertz CT molecular complexity index is 252. The van der Waals surface area contributed by atoms with Gasteiger partial charge in [0.15, 0.2) is 0 Å². The smallest absolute Gasteiger partial charge is 0.342 e. The summed E-state index contributed by atoms with van der Waals surface area (Å²) in [4.78, 5) is 11.0. The van der Waals surface area contributed by atoms with Gasteiger partial charge in [-0.2, -0.15) is 0 Å². The van der Waals surface area contributed by atoms with Crippen molar-refractivity contribution in [3.63, 3.8) is 0 Å². The first kappa shape index (κ1) is 10.4. The maximum atomic E-state index is 11.0. The molecule has 0 unspecified atom stereocenters. The van der Waals surface area contributed by atoms with Crippen LogP contribution < -0.4 is 0 Å². The molecule has 1 rings (SSSR count). The normalized spacial score (nSPS) is 8.00. The minimum absolute atomic E-state index is 0. The molecule has 0 saturated heterocycles. The van der Waals surface area contributed by atoms with Crippen LogP contribution in [-0.4, -0.2) is 5.97 Å². The van der Waals surface area contributed by atoms with Crippen LogP contribution in [0.5, 0.6) is 0 Å². The third-order valence-corrected chi connectivity index (χ3v) is 1.20. The highest BCUT2D eigenvalue weighted by Crippen LogP contribution is 2.00. The molecule has 0 aromatic heterocycles. The summed E-state index contributed by atoms with van der Waals surface area (Å²) in [5.74, 6) is -0.374. The largest absolute Gasteiger partial charge is 0.432 e. The van der Waals surface area contributed by atoms with Gasteiger partial charge in [0.25, 0.3) is 0 Å². The van der Waals surface area contributed by atoms with E-state index in [1.54, 1.807) is 24.3 Å². The number of benzene rings is 1. The number of esters is 1. The summed E-state index contributed by atoms with van der Waals surface area (Å²) >= 11 is 0. The minimum atomic E-state index is -0.374. The zero-order valence-corrected chi connectivity index (χ0v) is 6.99. The molecule has 0 heterocycles. The van der Waals surface area contributed by atoms with Crippen molar-refractivity contribution in [2.75, 3.05) is 0 Å². The van der Waals surface area contributed by atoms with Crippen LogP contribution in [0.4, 0.5) is 0 Å². The standard InChI is InChI=1S/C9H8O2.CH3/c1-2-11-9(10)8-6-4-3-5-7-8;/h2-7H,1H2;1H3. The van der Waals surface area contributed by atoms with Gasteiger partial charge in [-0.15, -0.1) is 0 Å². The molecule has 0 spiro atoms. The Kier molecular flexibility index (Phi) is 4.46. The summed E-state index contributed by atoms with van der Waals surface area (Å²) in [6.07, 6.45) is 1.12. The summed E-state index contributed by atoms with van der Waals surface area (Å²) in [5.41, 5.74) is 0.535. The molecular formula is C10H11O2. The van der Waals surface area contributed by atoms with Gasteiger partial charge in [0.2, 0.25) is 0 Å². The van der Waals surface area contributed by atoms with Crippen LogP contribution in [-0.2, 0) is 4.74 Å². The molecule has 0 bridgehead atoms. The van der Waals surface area contributed by atoms with Crippen molar-refractivity contribution in [3.05, 3.63) is 56.2 Å². The lowest BCUT2D eigenvalue weighted by atomic mass is 10.2. The molecule has 0 fully saturated rings. The van der Waals surface area contributed by atoms with Crippen LogP contribution in [0.15, 0.2) is 43.2 Å². The molecule has 0 atom stereocenters. The molecule has 0 saturated carbocycles. The number of carbonyl (C=O) groups excluding carboxylic acids is 1. The van der Waals surface area contributed by atoms with E-state index in [1.165, 1.54) is 0 Å². The third kappa shape index (κ3) is 2.58. The first-order chi connectivity index (χ1) is 5.34. The monoisotopic (exact) mass is 163 g/mol. The number of hydrogen-bond donors (Lipinski definition) is 0. The Balaban J connectivity index is 0.00000121. The molecule has 0 aliphatic carbocycles. The van der Waals surface area contributed by atoms with E-state index in [-0.39, 0.29) is 13.4 Å². The molecule has 63 valence electrons. The Morgan fingerprint density at radius 1 is 1.33 bits per heavy atom. The maximum Gasteiger partial charge on any atom is 0.342 e. The first-order valence-corrected chi connectivity index (χ1v) is 3.21. The van der Waals surface area contributed by atoms with Gasteiger partial charge >= 0.3 is 5.97 Å². The lowest BCUT2D eigenvalue weighted by Gasteiger charge is -1.96. The van der Waals surface area contributed by atoms with E-state index in [4.69, 9.17) is 0 Å². The summed E-state index contributed by atoms with van der Waals surface area (Å²) < 4.78 is 4.55. The van der Waals surface area contributed by atoms with Crippen molar-refractivity contribution in [3.8, 4) is 0 Å². The molecule has 2 nitrogen and oxygen atoms in total. The van der Waals surface area contributed by atoms with Crippen molar-refractivity contribution in [2.24, 2.45) is 0 Å². The highest BCUT2D eigenvalue weighted by molar-refractivity contribution is 5.89. The van der Waals surface area contributed by atoms with Gasteiger partial charge in [0.1, 0.15) is 0 Å². The van der Waals surface area contributed by atoms with Gasteiger partial charge in [-0.3, -0.25) is 0 Å². The fourth-order valence-electron chi connectivity index (χ4n) is 0.718. The van der Waals surface area contributed by atoms with Crippen molar-refractivity contribution < 1.29 is 9.53 Å². The third-order valence-electron chi connectivity index (χ3n) is 1.20. The SMILES string of the molecule is C=COC(=O)c1ccccc1.[CH3]. The Labute approximate surface area is 72.5 Å². The maximum absolute atomic E-state index is 11.0. The second-order valence-electron chi connectivity index (χ2n) is 1.94. The highest BCUT2D eigenvalue weighted by atomic mass is 16.5. The van der Waals surface area contributed by atoms with Gasteiger partial charge in [0.05, 0.1) is 11.8 Å². The molecular weight excluding hydrogens is 152 g/mol. The summed E-state index contributed by atoms with van der Waals surface area (Å²) in [6.45, 7) is 3.28. The molecule has 2 heteroatoms. The predicted octanol–water partition coefficient (Wildman–Crippen LogP) is 2.44. The van der Waals surface area contributed by atoms with Crippen LogP contribution in [0.25, 0.3) is 0 Å². The highest BCUT2D eigenvalue weighted by Gasteiger charge is 2.01. The molecule has 1 aromatic carbocycles. The number of rotatable bonds is 2. The minimum Gasteiger partial charge on any atom is -0.432 e. The van der Waals surface area contributed by atoms with Crippen LogP contribution in [0, 0.1) is 7.43 Å². The van der Waals surface area contributed by atoms with E-state index in [1.807, 2.05) is 6.07 Å². The summed E-state index contributed by atoms with van der Waals surface area (Å²) in [6, 6.07) is 8.77. The predicted molar refractivity (Wildman–Crippen MR) is 48.5 cm³/mol. The van der Waals surface area contributed by atoms with E-state index in [9.17, 15) is 4.79 Å². The second-order valence-corrected chi connectivity index (χ2v) is 1.94. The van der Waals surface area contributed by atoms with Crippen molar-refractivity contribution >= 4 is 5.97 Å². The van der Waals surface area contributed by atoms with Crippen LogP contribution in [0.1, 0.15) is 10.4 Å². The zero-order chi connectivity index (χ0) is 8.10. The summed E-state index contributed by atoms with van der Waals surface area (Å²) in [5, 5.41) is 0. The fraction of sp³-hybridized carbons (Fsp3) is 0. The van der Waals surface area contributed by atoms with E-state index in [2.05, 4.69) is 11.3 Å². The van der Waals surface area contributed by atoms with Crippen molar-refractivity contribution in [1.82, 2.24) is 0 Å². The fourth-order valence-corrected chi connectivity index (χ4v) is 0.718. The van der Waals surface area contributed by atoms with E-state index in [0.29, 0.717) is 5.56 Å². The quantitative estimate of drug-likeness (QED) is 0.494.